The minimum Gasteiger partial charge on any atom is -0.350 e. The van der Waals surface area contributed by atoms with Gasteiger partial charge in [-0.1, -0.05) is 11.2 Å². The standard InChI is InChI=1S/C16H14N6O2S/c23-13(18-9-11-10-22-7-8-25-16(22)19-11)4-5-14-20-15(21-24-14)12-3-1-2-6-17-12/h1-3,6-8,10H,4-5,9H2,(H,18,23). The second kappa shape index (κ2) is 6.81. The fourth-order valence-corrected chi connectivity index (χ4v) is 3.03. The molecule has 0 aliphatic rings. The average molecular weight is 354 g/mol. The summed E-state index contributed by atoms with van der Waals surface area (Å²) >= 11 is 1.56. The number of thiazole rings is 1. The van der Waals surface area contributed by atoms with Gasteiger partial charge in [0.2, 0.25) is 17.6 Å². The Morgan fingerprint density at radius 3 is 3.12 bits per heavy atom. The van der Waals surface area contributed by atoms with Crippen LogP contribution in [-0.2, 0) is 17.8 Å². The maximum atomic E-state index is 12.0. The highest BCUT2D eigenvalue weighted by atomic mass is 32.1. The molecule has 4 aromatic rings. The summed E-state index contributed by atoms with van der Waals surface area (Å²) in [5.41, 5.74) is 1.47. The van der Waals surface area contributed by atoms with E-state index in [4.69, 9.17) is 4.52 Å². The Morgan fingerprint density at radius 2 is 2.28 bits per heavy atom. The molecule has 4 heterocycles. The van der Waals surface area contributed by atoms with Crippen molar-refractivity contribution in [2.75, 3.05) is 0 Å². The first-order valence-electron chi connectivity index (χ1n) is 7.70. The minimum atomic E-state index is -0.0889. The SMILES string of the molecule is O=C(CCc1nc(-c2ccccn2)no1)NCc1cn2ccsc2n1. The predicted octanol–water partition coefficient (Wildman–Crippen LogP) is 2.09. The maximum absolute atomic E-state index is 12.0. The van der Waals surface area contributed by atoms with Crippen molar-refractivity contribution in [3.63, 3.8) is 0 Å². The summed E-state index contributed by atoms with van der Waals surface area (Å²) < 4.78 is 7.10. The number of nitrogens with one attached hydrogen (secondary N) is 1. The molecule has 4 rings (SSSR count). The van der Waals surface area contributed by atoms with Gasteiger partial charge in [-0.3, -0.25) is 14.2 Å². The number of carbonyl (C=O) groups excluding carboxylic acids is 1. The average Bonchev–Trinajstić information content (AvgIpc) is 3.34. The molecule has 0 atom stereocenters. The molecular weight excluding hydrogens is 340 g/mol. The molecule has 4 aromatic heterocycles. The summed E-state index contributed by atoms with van der Waals surface area (Å²) in [6.45, 7) is 0.399. The lowest BCUT2D eigenvalue weighted by Crippen LogP contribution is -2.23. The molecule has 0 spiro atoms. The molecule has 0 aliphatic carbocycles. The molecule has 1 N–H and O–H groups in total. The molecule has 0 aromatic carbocycles. The highest BCUT2D eigenvalue weighted by Crippen LogP contribution is 2.13. The lowest BCUT2D eigenvalue weighted by atomic mass is 10.3. The van der Waals surface area contributed by atoms with E-state index in [9.17, 15) is 4.79 Å². The molecule has 0 aliphatic heterocycles. The van der Waals surface area contributed by atoms with Gasteiger partial charge in [0.1, 0.15) is 5.69 Å². The van der Waals surface area contributed by atoms with Crippen LogP contribution in [-0.4, -0.2) is 30.4 Å². The molecular formula is C16H14N6O2S. The van der Waals surface area contributed by atoms with E-state index < -0.39 is 0 Å². The highest BCUT2D eigenvalue weighted by Gasteiger charge is 2.11. The monoisotopic (exact) mass is 354 g/mol. The van der Waals surface area contributed by atoms with Crippen LogP contribution in [0.15, 0.2) is 46.7 Å². The number of fused-ring (bicyclic) bond motifs is 1. The van der Waals surface area contributed by atoms with Crippen molar-refractivity contribution < 1.29 is 9.32 Å². The smallest absolute Gasteiger partial charge is 0.227 e. The summed E-state index contributed by atoms with van der Waals surface area (Å²) in [5.74, 6) is 0.751. The Morgan fingerprint density at radius 1 is 1.32 bits per heavy atom. The van der Waals surface area contributed by atoms with Gasteiger partial charge in [-0.2, -0.15) is 4.98 Å². The summed E-state index contributed by atoms with van der Waals surface area (Å²) in [5, 5.41) is 8.70. The van der Waals surface area contributed by atoms with Crippen LogP contribution in [0.1, 0.15) is 18.0 Å². The molecule has 8 nitrogen and oxygen atoms in total. The van der Waals surface area contributed by atoms with E-state index >= 15 is 0 Å². The van der Waals surface area contributed by atoms with Crippen molar-refractivity contribution >= 4 is 22.2 Å². The summed E-state index contributed by atoms with van der Waals surface area (Å²) in [4.78, 5) is 25.7. The zero-order chi connectivity index (χ0) is 17.1. The Bertz CT molecular complexity index is 962. The zero-order valence-corrected chi connectivity index (χ0v) is 13.9. The Kier molecular flexibility index (Phi) is 4.21. The molecule has 0 saturated carbocycles. The Balaban J connectivity index is 1.28. The van der Waals surface area contributed by atoms with Crippen LogP contribution >= 0.6 is 11.3 Å². The Hall–Kier alpha value is -3.07. The van der Waals surface area contributed by atoms with Gasteiger partial charge in [0.25, 0.3) is 0 Å². The van der Waals surface area contributed by atoms with Crippen molar-refractivity contribution in [1.29, 1.82) is 0 Å². The first-order chi connectivity index (χ1) is 12.3. The van der Waals surface area contributed by atoms with Crippen molar-refractivity contribution in [3.05, 3.63) is 53.8 Å². The first-order valence-corrected chi connectivity index (χ1v) is 8.58. The summed E-state index contributed by atoms with van der Waals surface area (Å²) in [7, 11) is 0. The summed E-state index contributed by atoms with van der Waals surface area (Å²) in [6.07, 6.45) is 6.16. The van der Waals surface area contributed by atoms with Crippen LogP contribution in [0.2, 0.25) is 0 Å². The quantitative estimate of drug-likeness (QED) is 0.569. The fourth-order valence-electron chi connectivity index (χ4n) is 2.31. The Labute approximate surface area is 146 Å². The van der Waals surface area contributed by atoms with Crippen LogP contribution in [0.3, 0.4) is 0 Å². The predicted molar refractivity (Wildman–Crippen MR) is 90.8 cm³/mol. The molecule has 126 valence electrons. The number of hydrogen-bond donors (Lipinski definition) is 1. The number of amides is 1. The van der Waals surface area contributed by atoms with Gasteiger partial charge in [-0.25, -0.2) is 4.98 Å². The van der Waals surface area contributed by atoms with Gasteiger partial charge < -0.3 is 9.84 Å². The van der Waals surface area contributed by atoms with Crippen molar-refractivity contribution in [3.8, 4) is 11.5 Å². The van der Waals surface area contributed by atoms with Gasteiger partial charge in [0.15, 0.2) is 4.96 Å². The molecule has 0 bridgehead atoms. The lowest BCUT2D eigenvalue weighted by molar-refractivity contribution is -0.121. The van der Waals surface area contributed by atoms with Gasteiger partial charge in [-0.15, -0.1) is 11.3 Å². The normalized spacial score (nSPS) is 11.0. The van der Waals surface area contributed by atoms with Gasteiger partial charge in [0, 0.05) is 36.8 Å². The minimum absolute atomic E-state index is 0.0889. The third kappa shape index (κ3) is 3.56. The van der Waals surface area contributed by atoms with Gasteiger partial charge in [-0.05, 0) is 12.1 Å². The molecule has 9 heteroatoms. The number of pyridine rings is 1. The van der Waals surface area contributed by atoms with E-state index in [1.165, 1.54) is 0 Å². The van der Waals surface area contributed by atoms with Crippen LogP contribution in [0, 0.1) is 0 Å². The fraction of sp³-hybridized carbons (Fsp3) is 0.188. The van der Waals surface area contributed by atoms with Crippen LogP contribution in [0.25, 0.3) is 16.5 Å². The number of carbonyl (C=O) groups is 1. The number of aromatic nitrogens is 5. The third-order valence-corrected chi connectivity index (χ3v) is 4.31. The molecule has 0 unspecified atom stereocenters. The number of hydrogen-bond acceptors (Lipinski definition) is 7. The van der Waals surface area contributed by atoms with Crippen LogP contribution < -0.4 is 5.32 Å². The van der Waals surface area contributed by atoms with Gasteiger partial charge >= 0.3 is 0 Å². The molecule has 0 saturated heterocycles. The van der Waals surface area contributed by atoms with E-state index in [1.807, 2.05) is 34.3 Å². The molecule has 1 amide bonds. The van der Waals surface area contributed by atoms with Crippen LogP contribution in [0.5, 0.6) is 0 Å². The maximum Gasteiger partial charge on any atom is 0.227 e. The first kappa shape index (κ1) is 15.5. The zero-order valence-electron chi connectivity index (χ0n) is 13.1. The number of nitrogens with zero attached hydrogens (tertiary/aromatic N) is 5. The summed E-state index contributed by atoms with van der Waals surface area (Å²) in [6, 6.07) is 5.47. The second-order valence-electron chi connectivity index (χ2n) is 5.33. The number of aryl methyl sites for hydroxylation is 1. The highest BCUT2D eigenvalue weighted by molar-refractivity contribution is 7.15. The lowest BCUT2D eigenvalue weighted by Gasteiger charge is -2.01. The van der Waals surface area contributed by atoms with E-state index in [0.717, 1.165) is 10.7 Å². The second-order valence-corrected chi connectivity index (χ2v) is 6.20. The van der Waals surface area contributed by atoms with Gasteiger partial charge in [0.05, 0.1) is 12.2 Å². The van der Waals surface area contributed by atoms with Crippen molar-refractivity contribution in [2.45, 2.75) is 19.4 Å². The van der Waals surface area contributed by atoms with E-state index in [-0.39, 0.29) is 12.3 Å². The van der Waals surface area contributed by atoms with E-state index in [1.54, 1.807) is 23.6 Å². The third-order valence-electron chi connectivity index (χ3n) is 3.54. The molecule has 25 heavy (non-hydrogen) atoms. The van der Waals surface area contributed by atoms with E-state index in [0.29, 0.717) is 30.4 Å². The number of imidazole rings is 1. The van der Waals surface area contributed by atoms with Crippen molar-refractivity contribution in [1.82, 2.24) is 29.8 Å². The number of rotatable bonds is 6. The van der Waals surface area contributed by atoms with Crippen molar-refractivity contribution in [2.24, 2.45) is 0 Å². The molecule has 0 radical (unpaired) electrons. The topological polar surface area (TPSA) is 98.2 Å². The van der Waals surface area contributed by atoms with E-state index in [2.05, 4.69) is 25.4 Å². The largest absolute Gasteiger partial charge is 0.350 e. The molecule has 0 fully saturated rings. The van der Waals surface area contributed by atoms with Crippen LogP contribution in [0.4, 0.5) is 0 Å².